The number of hydrogen-bond acceptors (Lipinski definition) is 2. The number of hydrogen-bond donors (Lipinski definition) is 1. The Morgan fingerprint density at radius 3 is 2.53 bits per heavy atom. The summed E-state index contributed by atoms with van der Waals surface area (Å²) in [6, 6.07) is 9.09. The predicted molar refractivity (Wildman–Crippen MR) is 77.9 cm³/mol. The lowest BCUT2D eigenvalue weighted by Gasteiger charge is -2.25. The van der Waals surface area contributed by atoms with Gasteiger partial charge in [0.25, 0.3) is 0 Å². The van der Waals surface area contributed by atoms with Crippen LogP contribution in [-0.4, -0.2) is 17.0 Å². The summed E-state index contributed by atoms with van der Waals surface area (Å²) in [6.07, 6.45) is 9.36. The van der Waals surface area contributed by atoms with Crippen LogP contribution in [0.1, 0.15) is 61.3 Å². The lowest BCUT2D eigenvalue weighted by atomic mass is 9.87. The van der Waals surface area contributed by atoms with E-state index in [1.807, 2.05) is 0 Å². The van der Waals surface area contributed by atoms with Gasteiger partial charge in [0.1, 0.15) is 0 Å². The topological polar surface area (TPSA) is 29.3 Å². The summed E-state index contributed by atoms with van der Waals surface area (Å²) in [5.74, 6) is 0. The summed E-state index contributed by atoms with van der Waals surface area (Å²) < 4.78 is 0. The van der Waals surface area contributed by atoms with Crippen LogP contribution in [0, 0.1) is 0 Å². The summed E-state index contributed by atoms with van der Waals surface area (Å²) in [5.41, 5.74) is 10.6. The molecule has 1 unspecified atom stereocenters. The summed E-state index contributed by atoms with van der Waals surface area (Å²) in [6.45, 7) is 1.16. The molecule has 1 aromatic carbocycles. The Labute approximate surface area is 116 Å². The molecule has 0 saturated carbocycles. The van der Waals surface area contributed by atoms with E-state index in [-0.39, 0.29) is 6.04 Å². The molecular formula is C17H24N2. The zero-order valence-corrected chi connectivity index (χ0v) is 11.6. The van der Waals surface area contributed by atoms with Crippen LogP contribution in [0.15, 0.2) is 18.2 Å². The molecule has 1 aliphatic carbocycles. The molecule has 2 heterocycles. The highest BCUT2D eigenvalue weighted by Crippen LogP contribution is 2.38. The van der Waals surface area contributed by atoms with E-state index >= 15 is 0 Å². The highest BCUT2D eigenvalue weighted by Gasteiger charge is 2.38. The molecule has 0 spiro atoms. The minimum Gasteiger partial charge on any atom is -0.324 e. The van der Waals surface area contributed by atoms with Crippen LogP contribution in [0.25, 0.3) is 0 Å². The third-order valence-electron chi connectivity index (χ3n) is 5.54. The van der Waals surface area contributed by atoms with Gasteiger partial charge in [-0.3, -0.25) is 4.90 Å². The van der Waals surface area contributed by atoms with Gasteiger partial charge >= 0.3 is 0 Å². The van der Waals surface area contributed by atoms with E-state index in [0.717, 1.165) is 25.0 Å². The van der Waals surface area contributed by atoms with Crippen molar-refractivity contribution < 1.29 is 0 Å². The molecule has 2 fully saturated rings. The SMILES string of the molecule is NC1CCCc2cc(CN3C4CCC3CC4)ccc21. The Morgan fingerprint density at radius 1 is 1.05 bits per heavy atom. The lowest BCUT2D eigenvalue weighted by Crippen LogP contribution is -2.28. The van der Waals surface area contributed by atoms with Crippen LogP contribution >= 0.6 is 0 Å². The van der Waals surface area contributed by atoms with Gasteiger partial charge in [0.05, 0.1) is 0 Å². The van der Waals surface area contributed by atoms with Crippen molar-refractivity contribution in [2.24, 2.45) is 5.73 Å². The van der Waals surface area contributed by atoms with Crippen LogP contribution in [0.3, 0.4) is 0 Å². The van der Waals surface area contributed by atoms with E-state index in [1.165, 1.54) is 55.2 Å². The fraction of sp³-hybridized carbons (Fsp3) is 0.647. The van der Waals surface area contributed by atoms with Gasteiger partial charge in [-0.15, -0.1) is 0 Å². The normalized spacial score (nSPS) is 33.6. The van der Waals surface area contributed by atoms with Gasteiger partial charge in [0.2, 0.25) is 0 Å². The second kappa shape index (κ2) is 4.60. The Kier molecular flexibility index (Phi) is 2.89. The maximum Gasteiger partial charge on any atom is 0.0297 e. The Balaban J connectivity index is 1.56. The van der Waals surface area contributed by atoms with Crippen molar-refractivity contribution in [3.63, 3.8) is 0 Å². The summed E-state index contributed by atoms with van der Waals surface area (Å²) >= 11 is 0. The van der Waals surface area contributed by atoms with Crippen LogP contribution in [0.4, 0.5) is 0 Å². The van der Waals surface area contributed by atoms with Crippen molar-refractivity contribution in [3.8, 4) is 0 Å². The Morgan fingerprint density at radius 2 is 1.79 bits per heavy atom. The molecule has 2 bridgehead atoms. The fourth-order valence-electron chi connectivity index (χ4n) is 4.49. The molecule has 2 aliphatic heterocycles. The average Bonchev–Trinajstić information content (AvgIpc) is 2.99. The molecule has 19 heavy (non-hydrogen) atoms. The maximum atomic E-state index is 6.20. The second-order valence-electron chi connectivity index (χ2n) is 6.67. The minimum absolute atomic E-state index is 0.278. The van der Waals surface area contributed by atoms with Crippen molar-refractivity contribution in [1.29, 1.82) is 0 Å². The maximum absolute atomic E-state index is 6.20. The molecule has 1 atom stereocenters. The molecule has 2 nitrogen and oxygen atoms in total. The minimum atomic E-state index is 0.278. The molecular weight excluding hydrogens is 232 g/mol. The fourth-order valence-corrected chi connectivity index (χ4v) is 4.49. The first kappa shape index (κ1) is 11.9. The molecule has 0 aromatic heterocycles. The van der Waals surface area contributed by atoms with Gasteiger partial charge in [-0.2, -0.15) is 0 Å². The van der Waals surface area contributed by atoms with Crippen LogP contribution in [-0.2, 0) is 13.0 Å². The number of aryl methyl sites for hydroxylation is 1. The summed E-state index contributed by atoms with van der Waals surface area (Å²) in [5, 5.41) is 0. The number of nitrogens with two attached hydrogens (primary N) is 1. The molecule has 0 radical (unpaired) electrons. The quantitative estimate of drug-likeness (QED) is 0.880. The highest BCUT2D eigenvalue weighted by molar-refractivity contribution is 5.36. The third kappa shape index (κ3) is 2.02. The zero-order valence-electron chi connectivity index (χ0n) is 11.6. The number of rotatable bonds is 2. The highest BCUT2D eigenvalue weighted by atomic mass is 15.2. The standard InChI is InChI=1S/C17H24N2/c18-17-3-1-2-13-10-12(4-9-16(13)17)11-19-14-5-6-15(19)8-7-14/h4,9-10,14-15,17H,1-3,5-8,11,18H2. The van der Waals surface area contributed by atoms with E-state index < -0.39 is 0 Å². The summed E-state index contributed by atoms with van der Waals surface area (Å²) in [4.78, 5) is 2.75. The Bertz CT molecular complexity index is 462. The van der Waals surface area contributed by atoms with Gasteiger partial charge < -0.3 is 5.73 Å². The van der Waals surface area contributed by atoms with Gasteiger partial charge in [-0.05, 0) is 61.6 Å². The van der Waals surface area contributed by atoms with Crippen molar-refractivity contribution in [3.05, 3.63) is 34.9 Å². The molecule has 2 saturated heterocycles. The van der Waals surface area contributed by atoms with Gasteiger partial charge in [-0.25, -0.2) is 0 Å². The van der Waals surface area contributed by atoms with E-state index in [4.69, 9.17) is 5.73 Å². The Hall–Kier alpha value is -0.860. The van der Waals surface area contributed by atoms with Crippen molar-refractivity contribution >= 4 is 0 Å². The van der Waals surface area contributed by atoms with E-state index in [2.05, 4.69) is 23.1 Å². The molecule has 0 amide bonds. The van der Waals surface area contributed by atoms with Gasteiger partial charge in [0, 0.05) is 24.7 Å². The van der Waals surface area contributed by atoms with Crippen LogP contribution in [0.2, 0.25) is 0 Å². The first-order chi connectivity index (χ1) is 9.31. The first-order valence-electron chi connectivity index (χ1n) is 7.94. The smallest absolute Gasteiger partial charge is 0.0297 e. The molecule has 3 aliphatic rings. The van der Waals surface area contributed by atoms with Crippen LogP contribution in [0.5, 0.6) is 0 Å². The summed E-state index contributed by atoms with van der Waals surface area (Å²) in [7, 11) is 0. The third-order valence-corrected chi connectivity index (χ3v) is 5.54. The monoisotopic (exact) mass is 256 g/mol. The zero-order chi connectivity index (χ0) is 12.8. The number of benzene rings is 1. The second-order valence-corrected chi connectivity index (χ2v) is 6.67. The number of nitrogens with zero attached hydrogens (tertiary/aromatic N) is 1. The molecule has 1 aromatic rings. The predicted octanol–water partition coefficient (Wildman–Crippen LogP) is 3.15. The number of fused-ring (bicyclic) bond motifs is 3. The largest absolute Gasteiger partial charge is 0.324 e. The first-order valence-corrected chi connectivity index (χ1v) is 7.94. The molecule has 2 N–H and O–H groups in total. The van der Waals surface area contributed by atoms with Crippen molar-refractivity contribution in [2.45, 2.75) is 69.6 Å². The molecule has 102 valence electrons. The van der Waals surface area contributed by atoms with E-state index in [1.54, 1.807) is 0 Å². The van der Waals surface area contributed by atoms with Crippen LogP contribution < -0.4 is 5.73 Å². The van der Waals surface area contributed by atoms with Gasteiger partial charge in [0.15, 0.2) is 0 Å². The lowest BCUT2D eigenvalue weighted by molar-refractivity contribution is 0.244. The van der Waals surface area contributed by atoms with Gasteiger partial charge in [-0.1, -0.05) is 18.2 Å². The van der Waals surface area contributed by atoms with E-state index in [0.29, 0.717) is 0 Å². The molecule has 2 heteroatoms. The average molecular weight is 256 g/mol. The van der Waals surface area contributed by atoms with Crippen molar-refractivity contribution in [1.82, 2.24) is 4.90 Å². The van der Waals surface area contributed by atoms with Crippen molar-refractivity contribution in [2.75, 3.05) is 0 Å². The molecule has 4 rings (SSSR count). The van der Waals surface area contributed by atoms with E-state index in [9.17, 15) is 0 Å².